The number of ether oxygens (including phenoxy) is 1. The van der Waals surface area contributed by atoms with Crippen molar-refractivity contribution in [3.8, 4) is 5.75 Å². The smallest absolute Gasteiger partial charge is 0.123 e. The van der Waals surface area contributed by atoms with Gasteiger partial charge in [0.05, 0.1) is 24.5 Å². The van der Waals surface area contributed by atoms with Gasteiger partial charge in [0.15, 0.2) is 0 Å². The standard InChI is InChI=1S/C18H16FN3O/c1-12-9-18(16-8-7-15(23-2)10-17(16)21-12)22-20-11-13-3-5-14(19)6-4-13/h3-11H,1-2H3,(H,21,22)/b20-11+. The minimum absolute atomic E-state index is 0.264. The second kappa shape index (κ2) is 6.44. The maximum Gasteiger partial charge on any atom is 0.123 e. The molecular weight excluding hydrogens is 293 g/mol. The highest BCUT2D eigenvalue weighted by Gasteiger charge is 2.05. The lowest BCUT2D eigenvalue weighted by Gasteiger charge is -2.08. The molecule has 4 nitrogen and oxygen atoms in total. The van der Waals surface area contributed by atoms with Gasteiger partial charge in [-0.15, -0.1) is 0 Å². The summed E-state index contributed by atoms with van der Waals surface area (Å²) >= 11 is 0. The summed E-state index contributed by atoms with van der Waals surface area (Å²) in [5, 5.41) is 5.17. The Bertz CT molecular complexity index is 860. The first kappa shape index (κ1) is 15.0. The largest absolute Gasteiger partial charge is 0.497 e. The Labute approximate surface area is 133 Å². The first-order valence-corrected chi connectivity index (χ1v) is 7.16. The van der Waals surface area contributed by atoms with Crippen LogP contribution < -0.4 is 10.2 Å². The minimum Gasteiger partial charge on any atom is -0.497 e. The van der Waals surface area contributed by atoms with Crippen LogP contribution in [-0.4, -0.2) is 18.3 Å². The van der Waals surface area contributed by atoms with Gasteiger partial charge in [0.2, 0.25) is 0 Å². The summed E-state index contributed by atoms with van der Waals surface area (Å²) in [5.41, 5.74) is 6.41. The summed E-state index contributed by atoms with van der Waals surface area (Å²) in [5.74, 6) is 0.496. The number of aryl methyl sites for hydroxylation is 1. The van der Waals surface area contributed by atoms with E-state index in [2.05, 4.69) is 15.5 Å². The van der Waals surface area contributed by atoms with Crippen molar-refractivity contribution in [2.45, 2.75) is 6.92 Å². The van der Waals surface area contributed by atoms with Gasteiger partial charge >= 0.3 is 0 Å². The van der Waals surface area contributed by atoms with Crippen LogP contribution in [0.4, 0.5) is 10.1 Å². The van der Waals surface area contributed by atoms with Gasteiger partial charge in [-0.3, -0.25) is 10.4 Å². The van der Waals surface area contributed by atoms with Gasteiger partial charge in [0.1, 0.15) is 11.6 Å². The van der Waals surface area contributed by atoms with E-state index >= 15 is 0 Å². The molecule has 1 heterocycles. The average molecular weight is 309 g/mol. The number of hydrogen-bond donors (Lipinski definition) is 1. The Morgan fingerprint density at radius 3 is 2.65 bits per heavy atom. The molecule has 0 saturated heterocycles. The topological polar surface area (TPSA) is 46.5 Å². The zero-order valence-electron chi connectivity index (χ0n) is 12.9. The highest BCUT2D eigenvalue weighted by atomic mass is 19.1. The number of pyridine rings is 1. The molecular formula is C18H16FN3O. The van der Waals surface area contributed by atoms with Crippen LogP contribution in [0.5, 0.6) is 5.75 Å². The zero-order chi connectivity index (χ0) is 16.2. The summed E-state index contributed by atoms with van der Waals surface area (Å²) in [6, 6.07) is 13.8. The number of fused-ring (bicyclic) bond motifs is 1. The van der Waals surface area contributed by atoms with Crippen LogP contribution in [-0.2, 0) is 0 Å². The first-order chi connectivity index (χ1) is 11.2. The summed E-state index contributed by atoms with van der Waals surface area (Å²) in [4.78, 5) is 4.51. The molecule has 1 N–H and O–H groups in total. The van der Waals surface area contributed by atoms with E-state index in [1.54, 1.807) is 25.5 Å². The molecule has 0 bridgehead atoms. The molecule has 0 saturated carbocycles. The predicted octanol–water partition coefficient (Wildman–Crippen LogP) is 4.14. The lowest BCUT2D eigenvalue weighted by molar-refractivity contribution is 0.415. The van der Waals surface area contributed by atoms with Crippen molar-refractivity contribution in [3.05, 3.63) is 65.6 Å². The Balaban J connectivity index is 1.88. The molecule has 2 aromatic carbocycles. The third kappa shape index (κ3) is 3.45. The van der Waals surface area contributed by atoms with Crippen LogP contribution in [0.3, 0.4) is 0 Å². The number of nitrogens with one attached hydrogen (secondary N) is 1. The Morgan fingerprint density at radius 1 is 1.13 bits per heavy atom. The number of hydrazone groups is 1. The van der Waals surface area contributed by atoms with E-state index in [1.165, 1.54) is 12.1 Å². The fraction of sp³-hybridized carbons (Fsp3) is 0.111. The molecule has 0 fully saturated rings. The van der Waals surface area contributed by atoms with Crippen molar-refractivity contribution in [1.82, 2.24) is 4.98 Å². The van der Waals surface area contributed by atoms with E-state index in [0.717, 1.165) is 33.6 Å². The van der Waals surface area contributed by atoms with Crippen molar-refractivity contribution in [2.75, 3.05) is 12.5 Å². The summed E-state index contributed by atoms with van der Waals surface area (Å²) in [7, 11) is 1.63. The molecule has 5 heteroatoms. The van der Waals surface area contributed by atoms with Crippen molar-refractivity contribution < 1.29 is 9.13 Å². The first-order valence-electron chi connectivity index (χ1n) is 7.16. The summed E-state index contributed by atoms with van der Waals surface area (Å²) in [6.07, 6.45) is 1.64. The molecule has 0 aliphatic carbocycles. The van der Waals surface area contributed by atoms with Crippen molar-refractivity contribution in [1.29, 1.82) is 0 Å². The molecule has 23 heavy (non-hydrogen) atoms. The Kier molecular flexibility index (Phi) is 4.19. The van der Waals surface area contributed by atoms with Crippen LogP contribution in [0.2, 0.25) is 0 Å². The molecule has 0 radical (unpaired) electrons. The number of halogens is 1. The van der Waals surface area contributed by atoms with Crippen LogP contribution in [0.25, 0.3) is 10.9 Å². The van der Waals surface area contributed by atoms with Gasteiger partial charge in [-0.05, 0) is 42.8 Å². The maximum atomic E-state index is 12.9. The van der Waals surface area contributed by atoms with Crippen LogP contribution >= 0.6 is 0 Å². The molecule has 116 valence electrons. The van der Waals surface area contributed by atoms with Gasteiger partial charge in [0.25, 0.3) is 0 Å². The molecule has 3 rings (SSSR count). The second-order valence-corrected chi connectivity index (χ2v) is 5.12. The number of anilines is 1. The van der Waals surface area contributed by atoms with E-state index in [0.29, 0.717) is 0 Å². The van der Waals surface area contributed by atoms with Crippen molar-refractivity contribution in [3.63, 3.8) is 0 Å². The fourth-order valence-electron chi connectivity index (χ4n) is 2.29. The normalized spacial score (nSPS) is 11.1. The third-order valence-corrected chi connectivity index (χ3v) is 3.41. The predicted molar refractivity (Wildman–Crippen MR) is 90.6 cm³/mol. The van der Waals surface area contributed by atoms with Crippen molar-refractivity contribution >= 4 is 22.8 Å². The number of hydrogen-bond acceptors (Lipinski definition) is 4. The Morgan fingerprint density at radius 2 is 1.91 bits per heavy atom. The quantitative estimate of drug-likeness (QED) is 0.582. The minimum atomic E-state index is -0.264. The van der Waals surface area contributed by atoms with E-state index in [1.807, 2.05) is 31.2 Å². The number of nitrogens with zero attached hydrogens (tertiary/aromatic N) is 2. The number of methoxy groups -OCH3 is 1. The fourth-order valence-corrected chi connectivity index (χ4v) is 2.29. The molecule has 0 spiro atoms. The SMILES string of the molecule is COc1ccc2c(N/N=C/c3ccc(F)cc3)cc(C)nc2c1. The number of rotatable bonds is 4. The second-order valence-electron chi connectivity index (χ2n) is 5.12. The van der Waals surface area contributed by atoms with Crippen molar-refractivity contribution in [2.24, 2.45) is 5.10 Å². The van der Waals surface area contributed by atoms with Gasteiger partial charge in [-0.1, -0.05) is 12.1 Å². The van der Waals surface area contributed by atoms with Crippen LogP contribution in [0.1, 0.15) is 11.3 Å². The third-order valence-electron chi connectivity index (χ3n) is 3.41. The molecule has 0 aliphatic heterocycles. The van der Waals surface area contributed by atoms with Gasteiger partial charge in [0, 0.05) is 17.1 Å². The molecule has 0 unspecified atom stereocenters. The number of aromatic nitrogens is 1. The highest BCUT2D eigenvalue weighted by Crippen LogP contribution is 2.26. The summed E-state index contributed by atoms with van der Waals surface area (Å²) < 4.78 is 18.1. The molecule has 0 aliphatic rings. The monoisotopic (exact) mass is 309 g/mol. The highest BCUT2D eigenvalue weighted by molar-refractivity contribution is 5.92. The lowest BCUT2D eigenvalue weighted by atomic mass is 10.1. The molecule has 3 aromatic rings. The molecule has 1 aromatic heterocycles. The lowest BCUT2D eigenvalue weighted by Crippen LogP contribution is -1.95. The van der Waals surface area contributed by atoms with Crippen LogP contribution in [0, 0.1) is 12.7 Å². The van der Waals surface area contributed by atoms with E-state index < -0.39 is 0 Å². The molecule has 0 amide bonds. The van der Waals surface area contributed by atoms with E-state index in [4.69, 9.17) is 4.74 Å². The van der Waals surface area contributed by atoms with E-state index in [9.17, 15) is 4.39 Å². The van der Waals surface area contributed by atoms with Gasteiger partial charge in [-0.25, -0.2) is 4.39 Å². The van der Waals surface area contributed by atoms with Gasteiger partial charge < -0.3 is 4.74 Å². The number of benzene rings is 2. The zero-order valence-corrected chi connectivity index (χ0v) is 12.9. The summed E-state index contributed by atoms with van der Waals surface area (Å²) in [6.45, 7) is 1.92. The maximum absolute atomic E-state index is 12.9. The Hall–Kier alpha value is -2.95. The van der Waals surface area contributed by atoms with Gasteiger partial charge in [-0.2, -0.15) is 5.10 Å². The average Bonchev–Trinajstić information content (AvgIpc) is 2.55. The molecule has 0 atom stereocenters. The van der Waals surface area contributed by atoms with E-state index in [-0.39, 0.29) is 5.82 Å². The van der Waals surface area contributed by atoms with Crippen LogP contribution in [0.15, 0.2) is 53.6 Å².